The molecule has 7 nitrogen and oxygen atoms in total. The van der Waals surface area contributed by atoms with Crippen molar-refractivity contribution in [1.82, 2.24) is 0 Å². The molecule has 4 atom stereocenters. The molecule has 0 aliphatic heterocycles. The van der Waals surface area contributed by atoms with E-state index < -0.39 is 44.6 Å². The van der Waals surface area contributed by atoms with Gasteiger partial charge in [-0.3, -0.25) is 4.55 Å². The van der Waals surface area contributed by atoms with Crippen LogP contribution in [0.2, 0.25) is 0 Å². The van der Waals surface area contributed by atoms with Crippen molar-refractivity contribution in [3.8, 4) is 0 Å². The quantitative estimate of drug-likeness (QED) is 0.323. The molecule has 0 heterocycles. The topological polar surface area (TPSA) is 135 Å². The van der Waals surface area contributed by atoms with Crippen molar-refractivity contribution in [3.63, 3.8) is 0 Å². The van der Waals surface area contributed by atoms with Gasteiger partial charge in [-0.1, -0.05) is 40.5 Å². The Morgan fingerprint density at radius 3 is 1.68 bits per heavy atom. The Labute approximate surface area is 216 Å². The second kappa shape index (κ2) is 11.7. The van der Waals surface area contributed by atoms with E-state index in [-0.39, 0.29) is 116 Å². The Kier molecular flexibility index (Phi) is 15.4. The van der Waals surface area contributed by atoms with Crippen LogP contribution in [0.1, 0.15) is 40.5 Å². The van der Waals surface area contributed by atoms with E-state index in [1.54, 1.807) is 6.92 Å². The molecule has 0 radical (unpaired) electrons. The summed E-state index contributed by atoms with van der Waals surface area (Å²) < 4.78 is 29.9. The second-order valence-electron chi connectivity index (χ2n) is 5.05. The monoisotopic (exact) mass is 386 g/mol. The van der Waals surface area contributed by atoms with Crippen LogP contribution in [0.4, 0.5) is 0 Å². The van der Waals surface area contributed by atoms with E-state index in [1.807, 2.05) is 0 Å². The molecule has 22 heavy (non-hydrogen) atoms. The summed E-state index contributed by atoms with van der Waals surface area (Å²) in [6, 6.07) is 0. The third-order valence-electron chi connectivity index (χ3n) is 4.02. The third kappa shape index (κ3) is 5.84. The summed E-state index contributed by atoms with van der Waals surface area (Å²) in [5.41, 5.74) is 0. The largest absolute Gasteiger partial charge is 1.00 e. The molecule has 0 fully saturated rings. The molecular formula is C12H20K2O7S. The van der Waals surface area contributed by atoms with Crippen LogP contribution in [-0.4, -0.2) is 29.7 Å². The number of hydrogen-bond donors (Lipinski definition) is 1. The molecule has 10 heteroatoms. The molecule has 0 amide bonds. The molecule has 0 aromatic carbocycles. The van der Waals surface area contributed by atoms with Gasteiger partial charge >= 0.3 is 103 Å². The van der Waals surface area contributed by atoms with Gasteiger partial charge in [0, 0.05) is 11.9 Å². The molecule has 0 aliphatic rings. The molecule has 0 rings (SSSR count). The number of aliphatic carboxylic acids is 2. The molecule has 0 saturated carbocycles. The zero-order valence-corrected chi connectivity index (χ0v) is 21.0. The minimum atomic E-state index is -5.22. The first kappa shape index (κ1) is 28.9. The van der Waals surface area contributed by atoms with Crippen molar-refractivity contribution < 1.29 is 136 Å². The first-order valence-corrected chi connectivity index (χ1v) is 7.81. The van der Waals surface area contributed by atoms with Gasteiger partial charge in [-0.2, -0.15) is 8.42 Å². The fraction of sp³-hybridized carbons (Fsp3) is 0.833. The smallest absolute Gasteiger partial charge is 0.550 e. The number of rotatable bonds is 8. The average Bonchev–Trinajstić information content (AvgIpc) is 2.31. The summed E-state index contributed by atoms with van der Waals surface area (Å²) >= 11 is 0. The van der Waals surface area contributed by atoms with E-state index in [1.165, 1.54) is 20.8 Å². The van der Waals surface area contributed by atoms with E-state index in [0.29, 0.717) is 0 Å². The van der Waals surface area contributed by atoms with Gasteiger partial charge < -0.3 is 19.8 Å². The maximum absolute atomic E-state index is 11.7. The second-order valence-corrected chi connectivity index (χ2v) is 6.67. The summed E-state index contributed by atoms with van der Waals surface area (Å²) in [5.74, 6) is -7.83. The minimum absolute atomic E-state index is 0. The van der Waals surface area contributed by atoms with Gasteiger partial charge in [0.25, 0.3) is 10.1 Å². The minimum Gasteiger partial charge on any atom is -0.550 e. The molecular weight excluding hydrogens is 366 g/mol. The average molecular weight is 387 g/mol. The maximum Gasteiger partial charge on any atom is 1.00 e. The van der Waals surface area contributed by atoms with Crippen LogP contribution >= 0.6 is 0 Å². The first-order valence-electron chi connectivity index (χ1n) is 6.37. The van der Waals surface area contributed by atoms with Crippen molar-refractivity contribution >= 4 is 22.1 Å². The predicted octanol–water partition coefficient (Wildman–Crippen LogP) is -7.17. The summed E-state index contributed by atoms with van der Waals surface area (Å²) in [5, 5.41) is 22.8. The van der Waals surface area contributed by atoms with Gasteiger partial charge in [0.05, 0.1) is 5.97 Å². The third-order valence-corrected chi connectivity index (χ3v) is 5.70. The summed E-state index contributed by atoms with van der Waals surface area (Å²) in [4.78, 5) is 22.8. The molecule has 0 saturated heterocycles. The van der Waals surface area contributed by atoms with Crippen molar-refractivity contribution in [2.24, 2.45) is 17.8 Å². The SMILES string of the molecule is CCC(C)C(C(=O)[O-])C(C(=O)[O-])(C(C)CC)S(=O)(=O)O.[K+].[K+]. The Balaban J connectivity index is -0.00000180. The Bertz CT molecular complexity index is 480. The molecule has 0 spiro atoms. The van der Waals surface area contributed by atoms with Crippen LogP contribution in [0, 0.1) is 17.8 Å². The fourth-order valence-electron chi connectivity index (χ4n) is 2.52. The van der Waals surface area contributed by atoms with E-state index in [0.717, 1.165) is 0 Å². The van der Waals surface area contributed by atoms with Crippen LogP contribution in [0.25, 0.3) is 0 Å². The van der Waals surface area contributed by atoms with Gasteiger partial charge in [-0.05, 0) is 11.8 Å². The maximum atomic E-state index is 11.7. The number of hydrogen-bond acceptors (Lipinski definition) is 6. The van der Waals surface area contributed by atoms with E-state index >= 15 is 0 Å². The summed E-state index contributed by atoms with van der Waals surface area (Å²) in [6.45, 7) is 5.73. The number of carbonyl (C=O) groups excluding carboxylic acids is 2. The van der Waals surface area contributed by atoms with Gasteiger partial charge in [0.15, 0.2) is 0 Å². The number of carboxylic acids is 2. The Hall–Kier alpha value is 2.12. The summed E-state index contributed by atoms with van der Waals surface area (Å²) in [7, 11) is -5.22. The van der Waals surface area contributed by atoms with Crippen molar-refractivity contribution in [1.29, 1.82) is 0 Å². The molecule has 0 aliphatic carbocycles. The van der Waals surface area contributed by atoms with Gasteiger partial charge in [0.2, 0.25) is 0 Å². The van der Waals surface area contributed by atoms with E-state index in [4.69, 9.17) is 0 Å². The number of carboxylic acid groups (broad SMARTS) is 2. The molecule has 4 unspecified atom stereocenters. The molecule has 1 N–H and O–H groups in total. The van der Waals surface area contributed by atoms with Gasteiger partial charge in [-0.15, -0.1) is 0 Å². The van der Waals surface area contributed by atoms with Crippen LogP contribution in [0.3, 0.4) is 0 Å². The van der Waals surface area contributed by atoms with Crippen LogP contribution in [-0.2, 0) is 19.7 Å². The van der Waals surface area contributed by atoms with Gasteiger partial charge in [-0.25, -0.2) is 0 Å². The first-order chi connectivity index (χ1) is 8.98. The number of carbonyl (C=O) groups is 2. The van der Waals surface area contributed by atoms with Crippen LogP contribution in [0.15, 0.2) is 0 Å². The Morgan fingerprint density at radius 2 is 1.50 bits per heavy atom. The van der Waals surface area contributed by atoms with Gasteiger partial charge in [0.1, 0.15) is 4.75 Å². The predicted molar refractivity (Wildman–Crippen MR) is 66.7 cm³/mol. The molecule has 0 bridgehead atoms. The zero-order chi connectivity index (χ0) is 16.3. The van der Waals surface area contributed by atoms with Crippen molar-refractivity contribution in [3.05, 3.63) is 0 Å². The zero-order valence-electron chi connectivity index (χ0n) is 14.0. The van der Waals surface area contributed by atoms with Crippen molar-refractivity contribution in [2.75, 3.05) is 0 Å². The normalized spacial score (nSPS) is 17.9. The van der Waals surface area contributed by atoms with Crippen LogP contribution < -0.4 is 113 Å². The van der Waals surface area contributed by atoms with E-state index in [9.17, 15) is 32.8 Å². The molecule has 118 valence electrons. The summed E-state index contributed by atoms with van der Waals surface area (Å²) in [6.07, 6.45) is 0.244. The fourth-order valence-corrected chi connectivity index (χ4v) is 4.06. The Morgan fingerprint density at radius 1 is 1.09 bits per heavy atom. The molecule has 0 aromatic rings. The molecule has 0 aromatic heterocycles. The van der Waals surface area contributed by atoms with Crippen LogP contribution in [0.5, 0.6) is 0 Å². The standard InChI is InChI=1S/C12H22O7S.2K/c1-5-7(3)9(10(13)14)12(11(15)16,8(4)6-2)20(17,18)19;;/h7-9H,5-6H2,1-4H3,(H,13,14)(H,15,16)(H,17,18,19);;/q;2*+1/p-2. The van der Waals surface area contributed by atoms with E-state index in [2.05, 4.69) is 0 Å². The van der Waals surface area contributed by atoms with Crippen molar-refractivity contribution in [2.45, 2.75) is 45.3 Å².